The summed E-state index contributed by atoms with van der Waals surface area (Å²) in [7, 11) is 0. The first kappa shape index (κ1) is 13.1. The lowest BCUT2D eigenvalue weighted by Gasteiger charge is -2.15. The molecule has 89 valence electrons. The smallest absolute Gasteiger partial charge is 0.270 e. The third-order valence-electron chi connectivity index (χ3n) is 1.96. The summed E-state index contributed by atoms with van der Waals surface area (Å²) in [5.41, 5.74) is 0.910. The molecule has 4 heteroatoms. The molecule has 0 aliphatic heterocycles. The molecule has 0 heterocycles. The molecule has 0 fully saturated rings. The van der Waals surface area contributed by atoms with Crippen LogP contribution in [0.4, 0.5) is 0 Å². The summed E-state index contributed by atoms with van der Waals surface area (Å²) in [5, 5.41) is 0.979. The van der Waals surface area contributed by atoms with Gasteiger partial charge in [-0.25, -0.2) is 5.06 Å². The fourth-order valence-electron chi connectivity index (χ4n) is 1.22. The molecule has 17 heavy (non-hydrogen) atoms. The molecule has 0 saturated heterocycles. The number of hydrogen-bond acceptors (Lipinski definition) is 3. The van der Waals surface area contributed by atoms with Gasteiger partial charge in [-0.15, -0.1) is 0 Å². The molecule has 1 radical (unpaired) electrons. The Balaban J connectivity index is 2.63. The fraction of sp³-hybridized carbons (Fsp3) is 0.231. The maximum absolute atomic E-state index is 11.6. The Morgan fingerprint density at radius 2 is 2.12 bits per heavy atom. The van der Waals surface area contributed by atoms with E-state index in [0.29, 0.717) is 6.61 Å². The van der Waals surface area contributed by atoms with E-state index in [9.17, 15) is 9.59 Å². The Morgan fingerprint density at radius 3 is 2.71 bits per heavy atom. The van der Waals surface area contributed by atoms with Crippen molar-refractivity contribution >= 4 is 18.3 Å². The number of hydrogen-bond donors (Lipinski definition) is 0. The van der Waals surface area contributed by atoms with Gasteiger partial charge in [-0.2, -0.15) is 0 Å². The molecule has 0 spiro atoms. The van der Waals surface area contributed by atoms with Gasteiger partial charge in [0.1, 0.15) is 6.54 Å². The van der Waals surface area contributed by atoms with E-state index < -0.39 is 0 Å². The minimum Gasteiger partial charge on any atom is -0.289 e. The van der Waals surface area contributed by atoms with Gasteiger partial charge in [0.25, 0.3) is 5.91 Å². The number of amides is 1. The normalized spacial score (nSPS) is 10.4. The Hall–Kier alpha value is -1.94. The van der Waals surface area contributed by atoms with Gasteiger partial charge in [0.2, 0.25) is 6.29 Å². The molecular weight excluding hydrogens is 218 g/mol. The van der Waals surface area contributed by atoms with Gasteiger partial charge >= 0.3 is 0 Å². The topological polar surface area (TPSA) is 46.6 Å². The molecule has 0 bridgehead atoms. The maximum Gasteiger partial charge on any atom is 0.270 e. The van der Waals surface area contributed by atoms with Crippen LogP contribution in [-0.2, 0) is 14.4 Å². The second kappa shape index (κ2) is 7.35. The zero-order valence-corrected chi connectivity index (χ0v) is 9.63. The zero-order valence-electron chi connectivity index (χ0n) is 9.63. The van der Waals surface area contributed by atoms with Gasteiger partial charge in [-0.3, -0.25) is 14.4 Å². The van der Waals surface area contributed by atoms with E-state index in [1.807, 2.05) is 30.3 Å². The number of benzene rings is 1. The van der Waals surface area contributed by atoms with Crippen molar-refractivity contribution in [2.24, 2.45) is 0 Å². The molecule has 0 N–H and O–H groups in total. The van der Waals surface area contributed by atoms with Crippen LogP contribution >= 0.6 is 0 Å². The molecule has 0 aliphatic carbocycles. The van der Waals surface area contributed by atoms with Crippen LogP contribution in [0.25, 0.3) is 6.08 Å². The molecule has 1 amide bonds. The summed E-state index contributed by atoms with van der Waals surface area (Å²) in [6.45, 7) is 1.88. The Bertz CT molecular complexity index is 387. The highest BCUT2D eigenvalue weighted by Gasteiger charge is 2.09. The van der Waals surface area contributed by atoms with Crippen molar-refractivity contribution in [1.29, 1.82) is 0 Å². The predicted molar refractivity (Wildman–Crippen MR) is 64.5 cm³/mol. The van der Waals surface area contributed by atoms with Crippen LogP contribution < -0.4 is 0 Å². The second-order valence-electron chi connectivity index (χ2n) is 3.18. The van der Waals surface area contributed by atoms with Gasteiger partial charge in [0.05, 0.1) is 6.61 Å². The molecule has 0 saturated carbocycles. The number of nitrogens with zero attached hydrogens (tertiary/aromatic N) is 1. The monoisotopic (exact) mass is 232 g/mol. The average molecular weight is 232 g/mol. The standard InChI is InChI=1S/C13H14NO3/c1-2-17-14(10-11-15)13(16)9-8-12-6-4-3-5-7-12/h3-9H,2,10H2,1H3. The van der Waals surface area contributed by atoms with Crippen molar-refractivity contribution in [3.05, 3.63) is 42.0 Å². The van der Waals surface area contributed by atoms with Gasteiger partial charge in [-0.05, 0) is 18.6 Å². The summed E-state index contributed by atoms with van der Waals surface area (Å²) >= 11 is 0. The van der Waals surface area contributed by atoms with E-state index in [1.165, 1.54) is 6.08 Å². The van der Waals surface area contributed by atoms with Crippen molar-refractivity contribution in [2.45, 2.75) is 6.92 Å². The van der Waals surface area contributed by atoms with Crippen LogP contribution in [-0.4, -0.2) is 30.4 Å². The molecule has 4 nitrogen and oxygen atoms in total. The predicted octanol–water partition coefficient (Wildman–Crippen LogP) is 1.59. The second-order valence-corrected chi connectivity index (χ2v) is 3.18. The van der Waals surface area contributed by atoms with E-state index in [2.05, 4.69) is 0 Å². The number of carbonyl (C=O) groups is 1. The summed E-state index contributed by atoms with van der Waals surface area (Å²) < 4.78 is 0. The van der Waals surface area contributed by atoms with Crippen molar-refractivity contribution in [3.8, 4) is 0 Å². The largest absolute Gasteiger partial charge is 0.289 e. The van der Waals surface area contributed by atoms with Crippen LogP contribution in [0.15, 0.2) is 36.4 Å². The average Bonchev–Trinajstić information content (AvgIpc) is 2.37. The Morgan fingerprint density at radius 1 is 1.41 bits per heavy atom. The lowest BCUT2D eigenvalue weighted by atomic mass is 10.2. The van der Waals surface area contributed by atoms with Gasteiger partial charge in [-0.1, -0.05) is 30.3 Å². The van der Waals surface area contributed by atoms with Crippen LogP contribution in [0.5, 0.6) is 0 Å². The number of rotatable bonds is 6. The maximum atomic E-state index is 11.6. The zero-order chi connectivity index (χ0) is 12.5. The van der Waals surface area contributed by atoms with Gasteiger partial charge in [0.15, 0.2) is 0 Å². The van der Waals surface area contributed by atoms with Gasteiger partial charge < -0.3 is 0 Å². The minimum atomic E-state index is -0.376. The number of carbonyl (C=O) groups excluding carboxylic acids is 2. The summed E-state index contributed by atoms with van der Waals surface area (Å²) in [6, 6.07) is 9.40. The van der Waals surface area contributed by atoms with Crippen molar-refractivity contribution in [2.75, 3.05) is 13.2 Å². The van der Waals surface area contributed by atoms with Crippen molar-refractivity contribution in [1.82, 2.24) is 5.06 Å². The van der Waals surface area contributed by atoms with E-state index in [0.717, 1.165) is 10.6 Å². The molecule has 0 aliphatic rings. The van der Waals surface area contributed by atoms with E-state index >= 15 is 0 Å². The molecule has 0 aromatic heterocycles. The lowest BCUT2D eigenvalue weighted by Crippen LogP contribution is -2.31. The quantitative estimate of drug-likeness (QED) is 0.552. The van der Waals surface area contributed by atoms with E-state index in [-0.39, 0.29) is 12.5 Å². The minimum absolute atomic E-state index is 0.189. The first-order valence-electron chi connectivity index (χ1n) is 5.30. The first-order valence-corrected chi connectivity index (χ1v) is 5.30. The SMILES string of the molecule is CCON(C[C]=O)C(=O)C=Cc1ccccc1. The summed E-state index contributed by atoms with van der Waals surface area (Å²) in [4.78, 5) is 26.9. The number of hydroxylamine groups is 2. The fourth-order valence-corrected chi connectivity index (χ4v) is 1.22. The molecular formula is C13H14NO3. The van der Waals surface area contributed by atoms with Crippen molar-refractivity contribution in [3.63, 3.8) is 0 Å². The lowest BCUT2D eigenvalue weighted by molar-refractivity contribution is -0.174. The third-order valence-corrected chi connectivity index (χ3v) is 1.96. The van der Waals surface area contributed by atoms with E-state index in [1.54, 1.807) is 19.3 Å². The molecule has 1 aromatic carbocycles. The summed E-state index contributed by atoms with van der Waals surface area (Å²) in [5.74, 6) is -0.376. The molecule has 1 rings (SSSR count). The Kier molecular flexibility index (Phi) is 5.68. The highest BCUT2D eigenvalue weighted by molar-refractivity contribution is 5.92. The molecule has 0 atom stereocenters. The van der Waals surface area contributed by atoms with Crippen LogP contribution in [0.1, 0.15) is 12.5 Å². The first-order chi connectivity index (χ1) is 8.27. The van der Waals surface area contributed by atoms with E-state index in [4.69, 9.17) is 4.84 Å². The molecule has 0 unspecified atom stereocenters. The molecule has 1 aromatic rings. The van der Waals surface area contributed by atoms with Crippen LogP contribution in [0.3, 0.4) is 0 Å². The van der Waals surface area contributed by atoms with Crippen molar-refractivity contribution < 1.29 is 14.4 Å². The summed E-state index contributed by atoms with van der Waals surface area (Å²) in [6.07, 6.45) is 4.66. The van der Waals surface area contributed by atoms with Gasteiger partial charge in [0, 0.05) is 6.08 Å². The third kappa shape index (κ3) is 4.61. The highest BCUT2D eigenvalue weighted by atomic mass is 16.7. The Labute approximate surface area is 100 Å². The van der Waals surface area contributed by atoms with Crippen LogP contribution in [0.2, 0.25) is 0 Å². The highest BCUT2D eigenvalue weighted by Crippen LogP contribution is 2.02. The van der Waals surface area contributed by atoms with Crippen LogP contribution in [0, 0.1) is 0 Å².